The number of aromatic amines is 1. The Labute approximate surface area is 110 Å². The van der Waals surface area contributed by atoms with Crippen LogP contribution < -0.4 is 14.8 Å². The van der Waals surface area contributed by atoms with Gasteiger partial charge in [0, 0.05) is 24.8 Å². The summed E-state index contributed by atoms with van der Waals surface area (Å²) < 4.78 is 0. The van der Waals surface area contributed by atoms with Crippen LogP contribution in [0.5, 0.6) is 0 Å². The average molecular weight is 246 g/mol. The second-order valence-electron chi connectivity index (χ2n) is 5.53. The minimum absolute atomic E-state index is 1.21. The SMILES string of the molecule is c1cc(N2CCCCC2)cc(N2CCCCC2)[nH+]1. The Bertz CT molecular complexity index is 346. The highest BCUT2D eigenvalue weighted by atomic mass is 15.2. The van der Waals surface area contributed by atoms with Crippen molar-refractivity contribution in [2.75, 3.05) is 36.0 Å². The molecule has 3 heteroatoms. The van der Waals surface area contributed by atoms with E-state index in [0.29, 0.717) is 0 Å². The van der Waals surface area contributed by atoms with Crippen molar-refractivity contribution >= 4 is 11.5 Å². The first-order valence-electron chi connectivity index (χ1n) is 7.45. The Kier molecular flexibility index (Phi) is 3.67. The van der Waals surface area contributed by atoms with Gasteiger partial charge in [-0.25, -0.2) is 4.98 Å². The van der Waals surface area contributed by atoms with Crippen molar-refractivity contribution in [2.24, 2.45) is 0 Å². The van der Waals surface area contributed by atoms with Gasteiger partial charge in [-0.05, 0) is 38.5 Å². The fourth-order valence-electron chi connectivity index (χ4n) is 3.11. The van der Waals surface area contributed by atoms with E-state index in [1.807, 2.05) is 0 Å². The maximum absolute atomic E-state index is 3.42. The van der Waals surface area contributed by atoms with Crippen LogP contribution in [0.25, 0.3) is 0 Å². The van der Waals surface area contributed by atoms with E-state index in [9.17, 15) is 0 Å². The third-order valence-corrected chi connectivity index (χ3v) is 4.19. The van der Waals surface area contributed by atoms with Gasteiger partial charge in [-0.15, -0.1) is 0 Å². The van der Waals surface area contributed by atoms with Crippen molar-refractivity contribution in [3.05, 3.63) is 18.3 Å². The zero-order chi connectivity index (χ0) is 12.2. The number of anilines is 2. The van der Waals surface area contributed by atoms with Crippen molar-refractivity contribution in [2.45, 2.75) is 38.5 Å². The van der Waals surface area contributed by atoms with Gasteiger partial charge in [-0.1, -0.05) is 0 Å². The Morgan fingerprint density at radius 3 is 2.06 bits per heavy atom. The topological polar surface area (TPSA) is 20.6 Å². The van der Waals surface area contributed by atoms with E-state index in [1.165, 1.54) is 76.2 Å². The molecule has 0 saturated carbocycles. The Hall–Kier alpha value is -1.25. The Morgan fingerprint density at radius 1 is 0.778 bits per heavy atom. The molecule has 0 amide bonds. The monoisotopic (exact) mass is 246 g/mol. The molecule has 0 aliphatic carbocycles. The van der Waals surface area contributed by atoms with Gasteiger partial charge in [-0.2, -0.15) is 0 Å². The number of hydrogen-bond donors (Lipinski definition) is 0. The molecule has 3 nitrogen and oxygen atoms in total. The van der Waals surface area contributed by atoms with Crippen LogP contribution in [0.1, 0.15) is 38.5 Å². The molecule has 1 N–H and O–H groups in total. The summed E-state index contributed by atoms with van der Waals surface area (Å²) in [4.78, 5) is 8.45. The number of nitrogens with one attached hydrogen (secondary N) is 1. The van der Waals surface area contributed by atoms with Crippen molar-refractivity contribution in [3.63, 3.8) is 0 Å². The molecule has 3 rings (SSSR count). The zero-order valence-electron chi connectivity index (χ0n) is 11.2. The molecule has 0 radical (unpaired) electrons. The molecule has 0 aromatic carbocycles. The van der Waals surface area contributed by atoms with Crippen LogP contribution >= 0.6 is 0 Å². The van der Waals surface area contributed by atoms with Gasteiger partial charge in [0.2, 0.25) is 0 Å². The fourth-order valence-corrected chi connectivity index (χ4v) is 3.11. The molecule has 1 aromatic rings. The van der Waals surface area contributed by atoms with E-state index < -0.39 is 0 Å². The van der Waals surface area contributed by atoms with E-state index in [-0.39, 0.29) is 0 Å². The highest BCUT2D eigenvalue weighted by Gasteiger charge is 2.20. The molecular weight excluding hydrogens is 222 g/mol. The molecule has 18 heavy (non-hydrogen) atoms. The third-order valence-electron chi connectivity index (χ3n) is 4.19. The van der Waals surface area contributed by atoms with Crippen LogP contribution in [0.15, 0.2) is 18.3 Å². The molecule has 3 heterocycles. The van der Waals surface area contributed by atoms with Crippen LogP contribution in [-0.4, -0.2) is 26.2 Å². The summed E-state index contributed by atoms with van der Waals surface area (Å²) in [5.41, 5.74) is 1.40. The lowest BCUT2D eigenvalue weighted by molar-refractivity contribution is -0.364. The summed E-state index contributed by atoms with van der Waals surface area (Å²) in [6.07, 6.45) is 10.3. The molecule has 98 valence electrons. The van der Waals surface area contributed by atoms with E-state index in [1.54, 1.807) is 0 Å². The number of rotatable bonds is 2. The lowest BCUT2D eigenvalue weighted by Crippen LogP contribution is -2.35. The largest absolute Gasteiger partial charge is 0.371 e. The van der Waals surface area contributed by atoms with Crippen molar-refractivity contribution in [1.82, 2.24) is 0 Å². The maximum Gasteiger partial charge on any atom is 0.276 e. The molecule has 0 atom stereocenters. The molecule has 2 aliphatic rings. The summed E-state index contributed by atoms with van der Waals surface area (Å²) in [7, 11) is 0. The van der Waals surface area contributed by atoms with Gasteiger partial charge in [-0.3, -0.25) is 4.90 Å². The average Bonchev–Trinajstić information content (AvgIpc) is 2.49. The molecule has 2 saturated heterocycles. The first kappa shape index (κ1) is 11.8. The van der Waals surface area contributed by atoms with Gasteiger partial charge in [0.15, 0.2) is 0 Å². The van der Waals surface area contributed by atoms with Crippen LogP contribution in [0.2, 0.25) is 0 Å². The predicted molar refractivity (Wildman–Crippen MR) is 75.1 cm³/mol. The minimum atomic E-state index is 1.21. The molecule has 0 unspecified atom stereocenters. The second kappa shape index (κ2) is 5.59. The third kappa shape index (κ3) is 2.60. The minimum Gasteiger partial charge on any atom is -0.371 e. The molecular formula is C15H24N3+. The normalized spacial score (nSPS) is 21.1. The quantitative estimate of drug-likeness (QED) is 0.799. The summed E-state index contributed by atoms with van der Waals surface area (Å²) in [5, 5.41) is 0. The second-order valence-corrected chi connectivity index (χ2v) is 5.53. The van der Waals surface area contributed by atoms with E-state index in [4.69, 9.17) is 0 Å². The molecule has 0 bridgehead atoms. The highest BCUT2D eigenvalue weighted by Crippen LogP contribution is 2.23. The van der Waals surface area contributed by atoms with E-state index in [2.05, 4.69) is 33.1 Å². The first-order chi connectivity index (χ1) is 8.93. The zero-order valence-corrected chi connectivity index (χ0v) is 11.2. The van der Waals surface area contributed by atoms with Crippen molar-refractivity contribution in [1.29, 1.82) is 0 Å². The van der Waals surface area contributed by atoms with Crippen molar-refractivity contribution in [3.8, 4) is 0 Å². The maximum atomic E-state index is 3.42. The Morgan fingerprint density at radius 2 is 1.39 bits per heavy atom. The molecule has 2 aliphatic heterocycles. The number of pyridine rings is 1. The number of piperidine rings is 2. The number of aromatic nitrogens is 1. The summed E-state index contributed by atoms with van der Waals surface area (Å²) >= 11 is 0. The molecule has 1 aromatic heterocycles. The fraction of sp³-hybridized carbons (Fsp3) is 0.667. The van der Waals surface area contributed by atoms with Crippen LogP contribution in [0.3, 0.4) is 0 Å². The number of nitrogens with zero attached hydrogens (tertiary/aromatic N) is 2. The smallest absolute Gasteiger partial charge is 0.276 e. The number of H-pyrrole nitrogens is 1. The van der Waals surface area contributed by atoms with Crippen molar-refractivity contribution < 1.29 is 4.98 Å². The van der Waals surface area contributed by atoms with Gasteiger partial charge in [0.1, 0.15) is 0 Å². The predicted octanol–water partition coefficient (Wildman–Crippen LogP) is 2.48. The van der Waals surface area contributed by atoms with Crippen LogP contribution in [0, 0.1) is 0 Å². The van der Waals surface area contributed by atoms with Gasteiger partial charge >= 0.3 is 0 Å². The van der Waals surface area contributed by atoms with Gasteiger partial charge in [0.05, 0.1) is 25.4 Å². The number of hydrogen-bond acceptors (Lipinski definition) is 2. The van der Waals surface area contributed by atoms with Crippen LogP contribution in [0.4, 0.5) is 11.5 Å². The van der Waals surface area contributed by atoms with E-state index in [0.717, 1.165) is 0 Å². The van der Waals surface area contributed by atoms with Crippen LogP contribution in [-0.2, 0) is 0 Å². The Balaban J connectivity index is 1.75. The summed E-state index contributed by atoms with van der Waals surface area (Å²) in [5.74, 6) is 1.30. The molecule has 2 fully saturated rings. The van der Waals surface area contributed by atoms with E-state index >= 15 is 0 Å². The standard InChI is InChI=1S/C15H23N3/c1-3-9-17(10-4-1)14-7-8-16-15(13-14)18-11-5-2-6-12-18/h7-8,13H,1-6,9-12H2/p+1. The molecule has 0 spiro atoms. The lowest BCUT2D eigenvalue weighted by atomic mass is 10.1. The highest BCUT2D eigenvalue weighted by molar-refractivity contribution is 5.52. The van der Waals surface area contributed by atoms with Gasteiger partial charge in [0.25, 0.3) is 5.82 Å². The first-order valence-corrected chi connectivity index (χ1v) is 7.45. The summed E-state index contributed by atoms with van der Waals surface area (Å²) in [6, 6.07) is 4.56. The van der Waals surface area contributed by atoms with Gasteiger partial charge < -0.3 is 4.90 Å². The lowest BCUT2D eigenvalue weighted by Gasteiger charge is -2.29. The summed E-state index contributed by atoms with van der Waals surface area (Å²) in [6.45, 7) is 4.87.